The van der Waals surface area contributed by atoms with Crippen LogP contribution in [0.5, 0.6) is 0 Å². The summed E-state index contributed by atoms with van der Waals surface area (Å²) in [5, 5.41) is 8.62. The van der Waals surface area contributed by atoms with Crippen LogP contribution in [0.15, 0.2) is 46.9 Å². The van der Waals surface area contributed by atoms with Gasteiger partial charge in [0.15, 0.2) is 5.88 Å². The summed E-state index contributed by atoms with van der Waals surface area (Å²) in [5.74, 6) is 0.584. The third kappa shape index (κ3) is 2.91. The number of aliphatic carboxylic acids is 1. The Hall–Kier alpha value is -2.23. The molecule has 0 unspecified atom stereocenters. The van der Waals surface area contributed by atoms with E-state index in [0.29, 0.717) is 18.1 Å². The SMILES string of the molecule is CN(c1ccccc1)c1ccc(CCC(=O)O)o1. The van der Waals surface area contributed by atoms with E-state index < -0.39 is 5.97 Å². The molecule has 0 radical (unpaired) electrons. The summed E-state index contributed by atoms with van der Waals surface area (Å²) in [7, 11) is 1.91. The number of rotatable bonds is 5. The molecule has 0 aliphatic carbocycles. The van der Waals surface area contributed by atoms with Crippen molar-refractivity contribution in [2.45, 2.75) is 12.8 Å². The van der Waals surface area contributed by atoms with Gasteiger partial charge < -0.3 is 14.4 Å². The van der Waals surface area contributed by atoms with Gasteiger partial charge in [-0.1, -0.05) is 18.2 Å². The molecule has 2 aromatic rings. The van der Waals surface area contributed by atoms with Crippen LogP contribution in [-0.2, 0) is 11.2 Å². The second kappa shape index (κ2) is 5.40. The molecule has 0 amide bonds. The average molecular weight is 245 g/mol. The highest BCUT2D eigenvalue weighted by atomic mass is 16.4. The average Bonchev–Trinajstić information content (AvgIpc) is 2.85. The summed E-state index contributed by atoms with van der Waals surface area (Å²) in [4.78, 5) is 12.4. The highest BCUT2D eigenvalue weighted by Crippen LogP contribution is 2.25. The van der Waals surface area contributed by atoms with Crippen LogP contribution < -0.4 is 4.90 Å². The number of benzene rings is 1. The Morgan fingerprint density at radius 3 is 2.61 bits per heavy atom. The van der Waals surface area contributed by atoms with Crippen molar-refractivity contribution in [1.82, 2.24) is 0 Å². The third-order valence-corrected chi connectivity index (χ3v) is 2.71. The van der Waals surface area contributed by atoms with Gasteiger partial charge in [0.1, 0.15) is 5.76 Å². The van der Waals surface area contributed by atoms with Gasteiger partial charge in [-0.15, -0.1) is 0 Å². The lowest BCUT2D eigenvalue weighted by molar-refractivity contribution is -0.137. The number of nitrogens with zero attached hydrogens (tertiary/aromatic N) is 1. The van der Waals surface area contributed by atoms with Crippen LogP contribution in [0.25, 0.3) is 0 Å². The Kier molecular flexibility index (Phi) is 3.67. The van der Waals surface area contributed by atoms with Crippen LogP contribution in [0.4, 0.5) is 11.6 Å². The van der Waals surface area contributed by atoms with E-state index in [-0.39, 0.29) is 6.42 Å². The van der Waals surface area contributed by atoms with Gasteiger partial charge in [-0.25, -0.2) is 0 Å². The molecule has 1 N–H and O–H groups in total. The zero-order chi connectivity index (χ0) is 13.0. The summed E-state index contributed by atoms with van der Waals surface area (Å²) in [6.45, 7) is 0. The number of para-hydroxylation sites is 1. The van der Waals surface area contributed by atoms with E-state index in [2.05, 4.69) is 0 Å². The maximum atomic E-state index is 10.5. The maximum absolute atomic E-state index is 10.5. The first-order valence-corrected chi connectivity index (χ1v) is 5.76. The van der Waals surface area contributed by atoms with Gasteiger partial charge in [-0.2, -0.15) is 0 Å². The van der Waals surface area contributed by atoms with Gasteiger partial charge in [0.2, 0.25) is 0 Å². The van der Waals surface area contributed by atoms with Gasteiger partial charge in [0.05, 0.1) is 6.42 Å². The second-order valence-corrected chi connectivity index (χ2v) is 4.03. The fraction of sp³-hybridized carbons (Fsp3) is 0.214. The van der Waals surface area contributed by atoms with Gasteiger partial charge >= 0.3 is 5.97 Å². The van der Waals surface area contributed by atoms with Crippen LogP contribution in [0.3, 0.4) is 0 Å². The van der Waals surface area contributed by atoms with Gasteiger partial charge in [-0.3, -0.25) is 4.79 Å². The van der Waals surface area contributed by atoms with Crippen molar-refractivity contribution >= 4 is 17.5 Å². The number of furan rings is 1. The normalized spacial score (nSPS) is 10.3. The van der Waals surface area contributed by atoms with E-state index in [0.717, 1.165) is 5.69 Å². The van der Waals surface area contributed by atoms with E-state index in [1.807, 2.05) is 54.4 Å². The predicted octanol–water partition coefficient (Wildman–Crippen LogP) is 3.06. The number of carboxylic acid groups (broad SMARTS) is 1. The first kappa shape index (κ1) is 12.2. The van der Waals surface area contributed by atoms with Crippen molar-refractivity contribution in [2.24, 2.45) is 0 Å². The van der Waals surface area contributed by atoms with Crippen molar-refractivity contribution in [3.05, 3.63) is 48.2 Å². The van der Waals surface area contributed by atoms with Crippen molar-refractivity contribution in [3.63, 3.8) is 0 Å². The molecule has 94 valence electrons. The van der Waals surface area contributed by atoms with Crippen molar-refractivity contribution in [2.75, 3.05) is 11.9 Å². The zero-order valence-corrected chi connectivity index (χ0v) is 10.2. The molecule has 4 nitrogen and oxygen atoms in total. The number of carboxylic acids is 1. The van der Waals surface area contributed by atoms with Crippen molar-refractivity contribution < 1.29 is 14.3 Å². The predicted molar refractivity (Wildman–Crippen MR) is 69.2 cm³/mol. The molecule has 0 saturated heterocycles. The van der Waals surface area contributed by atoms with E-state index in [9.17, 15) is 4.79 Å². The monoisotopic (exact) mass is 245 g/mol. The van der Waals surface area contributed by atoms with E-state index in [1.54, 1.807) is 0 Å². The number of carbonyl (C=O) groups is 1. The minimum Gasteiger partial charge on any atom is -0.481 e. The van der Waals surface area contributed by atoms with Crippen LogP contribution in [0.1, 0.15) is 12.2 Å². The number of anilines is 2. The van der Waals surface area contributed by atoms with E-state index in [4.69, 9.17) is 9.52 Å². The summed E-state index contributed by atoms with van der Waals surface area (Å²) in [6.07, 6.45) is 0.500. The molecular formula is C14H15NO3. The van der Waals surface area contributed by atoms with Gasteiger partial charge in [-0.05, 0) is 18.2 Å². The van der Waals surface area contributed by atoms with Crippen LogP contribution in [0.2, 0.25) is 0 Å². The molecule has 18 heavy (non-hydrogen) atoms. The summed E-state index contributed by atoms with van der Waals surface area (Å²) < 4.78 is 5.61. The first-order valence-electron chi connectivity index (χ1n) is 5.76. The maximum Gasteiger partial charge on any atom is 0.303 e. The molecule has 1 aromatic heterocycles. The first-order chi connectivity index (χ1) is 8.66. The standard InChI is InChI=1S/C14H15NO3/c1-15(11-5-3-2-4-6-11)13-9-7-12(18-13)8-10-14(16)17/h2-7,9H,8,10H2,1H3,(H,16,17). The van der Waals surface area contributed by atoms with Crippen LogP contribution in [-0.4, -0.2) is 18.1 Å². The molecule has 4 heteroatoms. The summed E-state index contributed by atoms with van der Waals surface area (Å²) in [5.41, 5.74) is 1.02. The quantitative estimate of drug-likeness (QED) is 0.879. The van der Waals surface area contributed by atoms with Crippen molar-refractivity contribution in [1.29, 1.82) is 0 Å². The lowest BCUT2D eigenvalue weighted by Gasteiger charge is -2.15. The summed E-state index contributed by atoms with van der Waals surface area (Å²) >= 11 is 0. The minimum absolute atomic E-state index is 0.0853. The Morgan fingerprint density at radius 1 is 1.22 bits per heavy atom. The molecule has 0 spiro atoms. The van der Waals surface area contributed by atoms with Crippen LogP contribution >= 0.6 is 0 Å². The third-order valence-electron chi connectivity index (χ3n) is 2.71. The Balaban J connectivity index is 2.08. The Morgan fingerprint density at radius 2 is 1.94 bits per heavy atom. The Bertz CT molecular complexity index is 519. The number of hydrogen-bond donors (Lipinski definition) is 1. The van der Waals surface area contributed by atoms with E-state index >= 15 is 0 Å². The molecule has 2 rings (SSSR count). The smallest absolute Gasteiger partial charge is 0.303 e. The molecule has 0 saturated carbocycles. The molecule has 1 heterocycles. The van der Waals surface area contributed by atoms with E-state index in [1.165, 1.54) is 0 Å². The molecule has 0 aliphatic rings. The fourth-order valence-electron chi connectivity index (χ4n) is 1.69. The van der Waals surface area contributed by atoms with Gasteiger partial charge in [0.25, 0.3) is 0 Å². The molecule has 1 aromatic carbocycles. The molecule has 0 bridgehead atoms. The lowest BCUT2D eigenvalue weighted by Crippen LogP contribution is -2.07. The lowest BCUT2D eigenvalue weighted by atomic mass is 10.2. The molecule has 0 aliphatic heterocycles. The van der Waals surface area contributed by atoms with Gasteiger partial charge in [0, 0.05) is 25.2 Å². The number of hydrogen-bond acceptors (Lipinski definition) is 3. The topological polar surface area (TPSA) is 53.7 Å². The second-order valence-electron chi connectivity index (χ2n) is 4.03. The molecular weight excluding hydrogens is 230 g/mol. The summed E-state index contributed by atoms with van der Waals surface area (Å²) in [6, 6.07) is 13.5. The zero-order valence-electron chi connectivity index (χ0n) is 10.2. The van der Waals surface area contributed by atoms with Crippen molar-refractivity contribution in [3.8, 4) is 0 Å². The molecule has 0 fully saturated rings. The Labute approximate surface area is 105 Å². The highest BCUT2D eigenvalue weighted by Gasteiger charge is 2.09. The molecule has 0 atom stereocenters. The highest BCUT2D eigenvalue weighted by molar-refractivity contribution is 5.67. The minimum atomic E-state index is -0.815. The number of aryl methyl sites for hydroxylation is 1. The van der Waals surface area contributed by atoms with Crippen LogP contribution in [0, 0.1) is 0 Å². The largest absolute Gasteiger partial charge is 0.481 e. The fourth-order valence-corrected chi connectivity index (χ4v) is 1.69.